The van der Waals surface area contributed by atoms with Crippen LogP contribution in [0.3, 0.4) is 0 Å². The van der Waals surface area contributed by atoms with Crippen molar-refractivity contribution in [1.29, 1.82) is 0 Å². The van der Waals surface area contributed by atoms with Gasteiger partial charge in [0.1, 0.15) is 17.3 Å². The smallest absolute Gasteiger partial charge is 0.170 e. The molecule has 0 N–H and O–H groups in total. The van der Waals surface area contributed by atoms with Crippen molar-refractivity contribution in [3.63, 3.8) is 0 Å². The van der Waals surface area contributed by atoms with Gasteiger partial charge in [0.05, 0.1) is 11.4 Å². The van der Waals surface area contributed by atoms with Gasteiger partial charge in [-0.3, -0.25) is 4.79 Å². The fourth-order valence-corrected chi connectivity index (χ4v) is 4.51. The number of halogens is 2. The van der Waals surface area contributed by atoms with E-state index < -0.39 is 0 Å². The Hall–Kier alpha value is -2.39. The van der Waals surface area contributed by atoms with Gasteiger partial charge in [-0.05, 0) is 66.9 Å². The number of hydrogen-bond donors (Lipinski definition) is 0. The van der Waals surface area contributed by atoms with E-state index in [9.17, 15) is 13.6 Å². The van der Waals surface area contributed by atoms with E-state index in [1.807, 2.05) is 6.07 Å². The molecule has 2 atom stereocenters. The molecule has 144 valence electrons. The Bertz CT molecular complexity index is 1030. The van der Waals surface area contributed by atoms with E-state index in [2.05, 4.69) is 14.3 Å². The van der Waals surface area contributed by atoms with E-state index >= 15 is 0 Å². The first-order chi connectivity index (χ1) is 13.6. The molecule has 28 heavy (non-hydrogen) atoms. The molecule has 0 aliphatic heterocycles. The molecule has 0 amide bonds. The zero-order chi connectivity index (χ0) is 19.7. The first-order valence-corrected chi connectivity index (χ1v) is 10.0. The van der Waals surface area contributed by atoms with E-state index in [4.69, 9.17) is 0 Å². The van der Waals surface area contributed by atoms with Crippen LogP contribution >= 0.6 is 9.24 Å². The monoisotopic (exact) mass is 398 g/mol. The summed E-state index contributed by atoms with van der Waals surface area (Å²) in [6.45, 7) is 0. The Kier molecular flexibility index (Phi) is 5.36. The Morgan fingerprint density at radius 1 is 1.14 bits per heavy atom. The zero-order valence-corrected chi connectivity index (χ0v) is 16.5. The van der Waals surface area contributed by atoms with Gasteiger partial charge >= 0.3 is 0 Å². The summed E-state index contributed by atoms with van der Waals surface area (Å²) >= 11 is 0. The maximum Gasteiger partial charge on any atom is 0.170 e. The van der Waals surface area contributed by atoms with Crippen molar-refractivity contribution in [3.8, 4) is 5.69 Å². The number of carbonyl (C=O) groups excluding carboxylic acids is 1. The lowest BCUT2D eigenvalue weighted by Crippen LogP contribution is -2.15. The van der Waals surface area contributed by atoms with Gasteiger partial charge in [-0.15, -0.1) is 9.24 Å². The SMILES string of the molecule is O=Cc1nn(-c2ccc(F)cc2P)c2c1CCCCC2Cc1cccc(F)c1. The summed E-state index contributed by atoms with van der Waals surface area (Å²) in [7, 11) is 2.54. The van der Waals surface area contributed by atoms with Gasteiger partial charge in [-0.1, -0.05) is 18.6 Å². The third-order valence-corrected chi connectivity index (χ3v) is 5.83. The minimum absolute atomic E-state index is 0.106. The molecule has 1 aliphatic carbocycles. The maximum atomic E-state index is 13.7. The van der Waals surface area contributed by atoms with Gasteiger partial charge in [0.25, 0.3) is 0 Å². The molecule has 0 spiro atoms. The number of fused-ring (bicyclic) bond motifs is 1. The van der Waals surface area contributed by atoms with Crippen LogP contribution in [-0.2, 0) is 12.8 Å². The number of rotatable bonds is 4. The van der Waals surface area contributed by atoms with Crippen molar-refractivity contribution in [2.45, 2.75) is 38.0 Å². The molecule has 4 rings (SSSR count). The lowest BCUT2D eigenvalue weighted by Gasteiger charge is -2.19. The highest BCUT2D eigenvalue weighted by molar-refractivity contribution is 7.27. The lowest BCUT2D eigenvalue weighted by molar-refractivity contribution is 0.111. The largest absolute Gasteiger partial charge is 0.296 e. The molecule has 0 saturated heterocycles. The van der Waals surface area contributed by atoms with Crippen LogP contribution in [0, 0.1) is 11.6 Å². The Labute approximate surface area is 165 Å². The number of benzene rings is 2. The lowest BCUT2D eigenvalue weighted by atomic mass is 9.91. The highest BCUT2D eigenvalue weighted by atomic mass is 31.0. The molecule has 1 heterocycles. The minimum Gasteiger partial charge on any atom is -0.296 e. The highest BCUT2D eigenvalue weighted by Gasteiger charge is 2.28. The third-order valence-electron chi connectivity index (χ3n) is 5.37. The van der Waals surface area contributed by atoms with Crippen molar-refractivity contribution < 1.29 is 13.6 Å². The molecule has 0 radical (unpaired) electrons. The molecule has 0 saturated carbocycles. The number of aldehydes is 1. The van der Waals surface area contributed by atoms with Gasteiger partial charge in [-0.25, -0.2) is 13.5 Å². The Morgan fingerprint density at radius 2 is 1.96 bits per heavy atom. The number of aromatic nitrogens is 2. The molecule has 0 bridgehead atoms. The number of nitrogens with zero attached hydrogens (tertiary/aromatic N) is 2. The van der Waals surface area contributed by atoms with Crippen molar-refractivity contribution in [2.75, 3.05) is 0 Å². The van der Waals surface area contributed by atoms with Crippen molar-refractivity contribution in [2.24, 2.45) is 0 Å². The van der Waals surface area contributed by atoms with Crippen molar-refractivity contribution in [3.05, 3.63) is 76.6 Å². The molecule has 1 aliphatic rings. The first-order valence-electron chi connectivity index (χ1n) is 9.43. The molecule has 3 nitrogen and oxygen atoms in total. The topological polar surface area (TPSA) is 34.9 Å². The summed E-state index contributed by atoms with van der Waals surface area (Å²) < 4.78 is 29.1. The molecular formula is C22H21F2N2OP. The second-order valence-corrected chi connectivity index (χ2v) is 7.88. The third kappa shape index (κ3) is 3.64. The van der Waals surface area contributed by atoms with Gasteiger partial charge < -0.3 is 0 Å². The van der Waals surface area contributed by atoms with Gasteiger partial charge in [0, 0.05) is 11.5 Å². The summed E-state index contributed by atoms with van der Waals surface area (Å²) in [6, 6.07) is 11.2. The van der Waals surface area contributed by atoms with Crippen molar-refractivity contribution in [1.82, 2.24) is 9.78 Å². The Morgan fingerprint density at radius 3 is 2.71 bits per heavy atom. The standard InChI is InChI=1S/C22H21F2N2OP/c23-16-6-3-4-14(11-16)10-15-5-1-2-7-18-19(13-27)25-26(22(15)18)20-9-8-17(24)12-21(20)28/h3-4,6,8-9,11-13,15H,1-2,5,7,10,28H2. The van der Waals surface area contributed by atoms with E-state index in [1.54, 1.807) is 22.9 Å². The van der Waals surface area contributed by atoms with Gasteiger partial charge in [0.15, 0.2) is 6.29 Å². The minimum atomic E-state index is -0.320. The first kappa shape index (κ1) is 18.9. The molecular weight excluding hydrogens is 377 g/mol. The molecule has 0 fully saturated rings. The maximum absolute atomic E-state index is 13.7. The average Bonchev–Trinajstić information content (AvgIpc) is 2.90. The van der Waals surface area contributed by atoms with Crippen molar-refractivity contribution >= 4 is 20.8 Å². The summed E-state index contributed by atoms with van der Waals surface area (Å²) in [5, 5.41) is 5.24. The van der Waals surface area contributed by atoms with Crippen LogP contribution in [0.1, 0.15) is 52.5 Å². The predicted molar refractivity (Wildman–Crippen MR) is 109 cm³/mol. The van der Waals surface area contributed by atoms with Crippen LogP contribution in [0.5, 0.6) is 0 Å². The number of carbonyl (C=O) groups is 1. The molecule has 3 aromatic rings. The quantitative estimate of drug-likeness (QED) is 0.368. The van der Waals surface area contributed by atoms with Gasteiger partial charge in [-0.2, -0.15) is 5.10 Å². The van der Waals surface area contributed by atoms with Crippen LogP contribution in [-0.4, -0.2) is 16.1 Å². The zero-order valence-electron chi connectivity index (χ0n) is 15.4. The highest BCUT2D eigenvalue weighted by Crippen LogP contribution is 2.36. The van der Waals surface area contributed by atoms with E-state index in [-0.39, 0.29) is 17.6 Å². The average molecular weight is 398 g/mol. The molecule has 2 unspecified atom stereocenters. The Balaban J connectivity index is 1.85. The second-order valence-electron chi connectivity index (χ2n) is 7.26. The van der Waals surface area contributed by atoms with Crippen LogP contribution in [0.25, 0.3) is 5.69 Å². The summed E-state index contributed by atoms with van der Waals surface area (Å²) in [5.41, 5.74) is 4.04. The fraction of sp³-hybridized carbons (Fsp3) is 0.273. The second kappa shape index (κ2) is 7.92. The van der Waals surface area contributed by atoms with E-state index in [0.717, 1.165) is 54.5 Å². The summed E-state index contributed by atoms with van der Waals surface area (Å²) in [5.74, 6) is -0.465. The van der Waals surface area contributed by atoms with E-state index in [1.165, 1.54) is 18.2 Å². The molecule has 2 aromatic carbocycles. The predicted octanol–water partition coefficient (Wildman–Crippen LogP) is 4.52. The van der Waals surface area contributed by atoms with Crippen LogP contribution in [0.15, 0.2) is 42.5 Å². The fourth-order valence-electron chi connectivity index (χ4n) is 4.13. The molecule has 1 aromatic heterocycles. The van der Waals surface area contributed by atoms with E-state index in [0.29, 0.717) is 17.4 Å². The molecule has 6 heteroatoms. The van der Waals surface area contributed by atoms with Crippen LogP contribution in [0.4, 0.5) is 8.78 Å². The van der Waals surface area contributed by atoms with Crippen LogP contribution in [0.2, 0.25) is 0 Å². The van der Waals surface area contributed by atoms with Gasteiger partial charge in [0.2, 0.25) is 0 Å². The number of hydrogen-bond acceptors (Lipinski definition) is 2. The van der Waals surface area contributed by atoms with Crippen LogP contribution < -0.4 is 5.30 Å². The summed E-state index contributed by atoms with van der Waals surface area (Å²) in [6.07, 6.45) is 5.20. The normalized spacial score (nSPS) is 16.5. The summed E-state index contributed by atoms with van der Waals surface area (Å²) in [4.78, 5) is 11.7.